The average molecular weight is 320 g/mol. The normalized spacial score (nSPS) is 11.0. The molecule has 5 nitrogen and oxygen atoms in total. The fourth-order valence-electron chi connectivity index (χ4n) is 2.18. The molecule has 2 aromatic carbocycles. The topological polar surface area (TPSA) is 69.7 Å². The van der Waals surface area contributed by atoms with Gasteiger partial charge >= 0.3 is 6.16 Å². The molecule has 0 amide bonds. The van der Waals surface area contributed by atoms with Crippen LogP contribution in [-0.2, 0) is 14.6 Å². The van der Waals surface area contributed by atoms with Crippen molar-refractivity contribution < 1.29 is 22.7 Å². The summed E-state index contributed by atoms with van der Waals surface area (Å²) in [4.78, 5) is 11.5. The van der Waals surface area contributed by atoms with Gasteiger partial charge < -0.3 is 9.47 Å². The van der Waals surface area contributed by atoms with Gasteiger partial charge in [-0.25, -0.2) is 13.2 Å². The van der Waals surface area contributed by atoms with Gasteiger partial charge in [-0.1, -0.05) is 30.3 Å². The van der Waals surface area contributed by atoms with Crippen molar-refractivity contribution in [1.82, 2.24) is 0 Å². The number of benzene rings is 2. The minimum absolute atomic E-state index is 0.188. The zero-order valence-electron chi connectivity index (χ0n) is 12.5. The Kier molecular flexibility index (Phi) is 4.51. The molecule has 0 saturated heterocycles. The van der Waals surface area contributed by atoms with E-state index in [-0.39, 0.29) is 10.6 Å². The molecule has 0 unspecified atom stereocenters. The molecule has 0 aromatic heterocycles. The molecule has 0 saturated carbocycles. The van der Waals surface area contributed by atoms with Crippen LogP contribution in [0.15, 0.2) is 47.4 Å². The Labute approximate surface area is 129 Å². The lowest BCUT2D eigenvalue weighted by Crippen LogP contribution is -2.10. The van der Waals surface area contributed by atoms with Crippen molar-refractivity contribution in [2.75, 3.05) is 13.4 Å². The van der Waals surface area contributed by atoms with E-state index in [1.807, 2.05) is 18.2 Å². The Morgan fingerprint density at radius 2 is 1.68 bits per heavy atom. The summed E-state index contributed by atoms with van der Waals surface area (Å²) < 4.78 is 33.6. The lowest BCUT2D eigenvalue weighted by Gasteiger charge is -2.15. The molecular weight excluding hydrogens is 304 g/mol. The quantitative estimate of drug-likeness (QED) is 0.641. The lowest BCUT2D eigenvalue weighted by atomic mass is 10.00. The summed E-state index contributed by atoms with van der Waals surface area (Å²) in [5.41, 5.74) is 1.81. The monoisotopic (exact) mass is 320 g/mol. The Hall–Kier alpha value is -2.34. The van der Waals surface area contributed by atoms with Gasteiger partial charge in [-0.2, -0.15) is 0 Å². The SMILES string of the molecule is COC(=O)Oc1ccc(S(C)(=O)=O)c(-c2ccccc2)c1C. The molecule has 0 aliphatic rings. The number of hydrogen-bond donors (Lipinski definition) is 0. The van der Waals surface area contributed by atoms with Gasteiger partial charge in [0.05, 0.1) is 12.0 Å². The molecule has 2 aromatic rings. The highest BCUT2D eigenvalue weighted by molar-refractivity contribution is 7.90. The molecule has 0 fully saturated rings. The molecule has 0 bridgehead atoms. The number of carbonyl (C=O) groups is 1. The molecule has 116 valence electrons. The van der Waals surface area contributed by atoms with Crippen LogP contribution in [0.1, 0.15) is 5.56 Å². The van der Waals surface area contributed by atoms with Crippen molar-refractivity contribution in [1.29, 1.82) is 0 Å². The maximum absolute atomic E-state index is 12.0. The second-order valence-electron chi connectivity index (χ2n) is 4.76. The van der Waals surface area contributed by atoms with Crippen molar-refractivity contribution in [3.63, 3.8) is 0 Å². The van der Waals surface area contributed by atoms with Gasteiger partial charge in [-0.15, -0.1) is 0 Å². The first-order valence-electron chi connectivity index (χ1n) is 6.49. The Morgan fingerprint density at radius 1 is 1.05 bits per heavy atom. The van der Waals surface area contributed by atoms with E-state index >= 15 is 0 Å². The average Bonchev–Trinajstić information content (AvgIpc) is 2.48. The number of rotatable bonds is 3. The molecule has 0 aliphatic carbocycles. The highest BCUT2D eigenvalue weighted by Gasteiger charge is 2.20. The summed E-state index contributed by atoms with van der Waals surface area (Å²) in [7, 11) is -2.22. The second-order valence-corrected chi connectivity index (χ2v) is 6.74. The highest BCUT2D eigenvalue weighted by atomic mass is 32.2. The van der Waals surface area contributed by atoms with E-state index in [1.54, 1.807) is 19.1 Å². The fraction of sp³-hybridized carbons (Fsp3) is 0.188. The summed E-state index contributed by atoms with van der Waals surface area (Å²) in [5.74, 6) is 0.262. The van der Waals surface area contributed by atoms with Crippen LogP contribution in [0, 0.1) is 6.92 Å². The molecule has 0 atom stereocenters. The predicted molar refractivity (Wildman–Crippen MR) is 82.8 cm³/mol. The van der Waals surface area contributed by atoms with Crippen molar-refractivity contribution in [3.8, 4) is 16.9 Å². The van der Waals surface area contributed by atoms with E-state index in [4.69, 9.17) is 4.74 Å². The summed E-state index contributed by atoms with van der Waals surface area (Å²) in [6, 6.07) is 12.0. The van der Waals surface area contributed by atoms with Gasteiger partial charge in [0.15, 0.2) is 9.84 Å². The third-order valence-corrected chi connectivity index (χ3v) is 4.34. The second kappa shape index (κ2) is 6.19. The molecule has 0 aliphatic heterocycles. The molecule has 22 heavy (non-hydrogen) atoms. The number of hydrogen-bond acceptors (Lipinski definition) is 5. The molecule has 0 heterocycles. The molecular formula is C16H16O5S. The van der Waals surface area contributed by atoms with Gasteiger partial charge in [0, 0.05) is 17.4 Å². The highest BCUT2D eigenvalue weighted by Crippen LogP contribution is 2.36. The van der Waals surface area contributed by atoms with Crippen LogP contribution in [0.4, 0.5) is 4.79 Å². The van der Waals surface area contributed by atoms with Crippen LogP contribution in [0.3, 0.4) is 0 Å². The largest absolute Gasteiger partial charge is 0.513 e. The summed E-state index contributed by atoms with van der Waals surface area (Å²) >= 11 is 0. The van der Waals surface area contributed by atoms with Gasteiger partial charge in [-0.05, 0) is 24.6 Å². The minimum atomic E-state index is -3.43. The zero-order chi connectivity index (χ0) is 16.3. The number of sulfone groups is 1. The Bertz CT molecular complexity index is 795. The molecule has 2 rings (SSSR count). The zero-order valence-corrected chi connectivity index (χ0v) is 13.3. The smallest absolute Gasteiger partial charge is 0.437 e. The van der Waals surface area contributed by atoms with Crippen LogP contribution < -0.4 is 4.74 Å². The Morgan fingerprint density at radius 3 is 2.23 bits per heavy atom. The van der Waals surface area contributed by atoms with Crippen LogP contribution >= 0.6 is 0 Å². The van der Waals surface area contributed by atoms with E-state index in [0.29, 0.717) is 11.1 Å². The first-order valence-corrected chi connectivity index (χ1v) is 8.38. The van der Waals surface area contributed by atoms with Crippen molar-refractivity contribution in [2.45, 2.75) is 11.8 Å². The summed E-state index contributed by atoms with van der Waals surface area (Å²) in [6.45, 7) is 1.70. The van der Waals surface area contributed by atoms with E-state index in [0.717, 1.165) is 11.8 Å². The van der Waals surface area contributed by atoms with E-state index in [2.05, 4.69) is 4.74 Å². The molecule has 6 heteroatoms. The van der Waals surface area contributed by atoms with E-state index < -0.39 is 16.0 Å². The third-order valence-electron chi connectivity index (χ3n) is 3.20. The minimum Gasteiger partial charge on any atom is -0.437 e. The number of carbonyl (C=O) groups excluding carboxylic acids is 1. The van der Waals surface area contributed by atoms with Crippen LogP contribution in [0.25, 0.3) is 11.1 Å². The van der Waals surface area contributed by atoms with Crippen LogP contribution in [0.2, 0.25) is 0 Å². The van der Waals surface area contributed by atoms with Crippen molar-refractivity contribution in [2.24, 2.45) is 0 Å². The van der Waals surface area contributed by atoms with Gasteiger partial charge in [-0.3, -0.25) is 0 Å². The first kappa shape index (κ1) is 16.0. The molecule has 0 spiro atoms. The van der Waals surface area contributed by atoms with Crippen LogP contribution in [-0.4, -0.2) is 27.9 Å². The summed E-state index contributed by atoms with van der Waals surface area (Å²) in [6.07, 6.45) is 0.295. The molecule has 0 N–H and O–H groups in total. The lowest BCUT2D eigenvalue weighted by molar-refractivity contribution is 0.121. The summed E-state index contributed by atoms with van der Waals surface area (Å²) in [5, 5.41) is 0. The fourth-order valence-corrected chi connectivity index (χ4v) is 3.14. The predicted octanol–water partition coefficient (Wildman–Crippen LogP) is 3.21. The Balaban J connectivity index is 2.70. The maximum Gasteiger partial charge on any atom is 0.513 e. The van der Waals surface area contributed by atoms with Gasteiger partial charge in [0.2, 0.25) is 0 Å². The van der Waals surface area contributed by atoms with E-state index in [1.165, 1.54) is 19.2 Å². The third kappa shape index (κ3) is 3.28. The van der Waals surface area contributed by atoms with Crippen molar-refractivity contribution >= 4 is 16.0 Å². The van der Waals surface area contributed by atoms with Gasteiger partial charge in [0.1, 0.15) is 5.75 Å². The molecule has 0 radical (unpaired) electrons. The standard InChI is InChI=1S/C16H16O5S/c1-11-13(21-16(17)20-2)9-10-14(22(3,18)19)15(11)12-7-5-4-6-8-12/h4-10H,1-3H3. The number of ether oxygens (including phenoxy) is 2. The van der Waals surface area contributed by atoms with Gasteiger partial charge in [0.25, 0.3) is 0 Å². The maximum atomic E-state index is 12.0. The number of methoxy groups -OCH3 is 1. The van der Waals surface area contributed by atoms with E-state index in [9.17, 15) is 13.2 Å². The first-order chi connectivity index (χ1) is 10.3. The van der Waals surface area contributed by atoms with Crippen molar-refractivity contribution in [3.05, 3.63) is 48.0 Å². The van der Waals surface area contributed by atoms with Crippen LogP contribution in [0.5, 0.6) is 5.75 Å².